The van der Waals surface area contributed by atoms with E-state index in [9.17, 15) is 4.79 Å². The zero-order valence-electron chi connectivity index (χ0n) is 17.8. The van der Waals surface area contributed by atoms with Gasteiger partial charge in [-0.15, -0.1) is 0 Å². The van der Waals surface area contributed by atoms with Gasteiger partial charge < -0.3 is 15.1 Å². The smallest absolute Gasteiger partial charge is 0.267 e. The third-order valence-electron chi connectivity index (χ3n) is 5.67. The molecule has 0 aliphatic carbocycles. The minimum atomic E-state index is -0.537. The van der Waals surface area contributed by atoms with Crippen LogP contribution in [0, 0.1) is 0 Å². The van der Waals surface area contributed by atoms with Gasteiger partial charge >= 0.3 is 0 Å². The number of benzene rings is 2. The van der Waals surface area contributed by atoms with Crippen LogP contribution >= 0.6 is 0 Å². The number of hydrogen-bond acceptors (Lipinski definition) is 5. The fraction of sp³-hybridized carbons (Fsp3) is 0.375. The highest BCUT2D eigenvalue weighted by atomic mass is 16.5. The summed E-state index contributed by atoms with van der Waals surface area (Å²) < 4.78 is 0. The molecule has 0 saturated heterocycles. The fourth-order valence-electron chi connectivity index (χ4n) is 3.90. The average Bonchev–Trinajstić information content (AvgIpc) is 3.14. The van der Waals surface area contributed by atoms with Crippen LogP contribution in [-0.4, -0.2) is 48.4 Å². The Morgan fingerprint density at radius 2 is 1.97 bits per heavy atom. The Bertz CT molecular complexity index is 850. The second kappa shape index (κ2) is 10.8. The van der Waals surface area contributed by atoms with Crippen LogP contribution in [0.1, 0.15) is 31.4 Å². The van der Waals surface area contributed by atoms with Gasteiger partial charge in [-0.1, -0.05) is 50.2 Å². The quantitative estimate of drug-likeness (QED) is 0.317. The van der Waals surface area contributed by atoms with Crippen molar-refractivity contribution in [2.45, 2.75) is 32.9 Å². The van der Waals surface area contributed by atoms with E-state index in [-0.39, 0.29) is 6.17 Å². The summed E-state index contributed by atoms with van der Waals surface area (Å²) in [5.74, 6) is -0.537. The van der Waals surface area contributed by atoms with Gasteiger partial charge in [-0.2, -0.15) is 0 Å². The van der Waals surface area contributed by atoms with E-state index in [1.54, 1.807) is 11.6 Å². The molecule has 3 N–H and O–H groups in total. The summed E-state index contributed by atoms with van der Waals surface area (Å²) in [5.41, 5.74) is 6.16. The Morgan fingerprint density at radius 3 is 2.67 bits per heavy atom. The topological polar surface area (TPSA) is 67.8 Å². The molecule has 1 amide bonds. The van der Waals surface area contributed by atoms with E-state index in [4.69, 9.17) is 5.21 Å². The van der Waals surface area contributed by atoms with Crippen LogP contribution in [0.5, 0.6) is 0 Å². The summed E-state index contributed by atoms with van der Waals surface area (Å²) in [6, 6.07) is 16.8. The van der Waals surface area contributed by atoms with Crippen molar-refractivity contribution in [2.75, 3.05) is 36.4 Å². The highest BCUT2D eigenvalue weighted by Gasteiger charge is 2.28. The largest absolute Gasteiger partial charge is 0.363 e. The lowest BCUT2D eigenvalue weighted by Gasteiger charge is -2.29. The summed E-state index contributed by atoms with van der Waals surface area (Å²) in [4.78, 5) is 16.2. The Balaban J connectivity index is 1.76. The highest BCUT2D eigenvalue weighted by Crippen LogP contribution is 2.36. The van der Waals surface area contributed by atoms with E-state index in [2.05, 4.69) is 71.4 Å². The molecule has 2 aromatic rings. The van der Waals surface area contributed by atoms with Crippen LogP contribution in [0.2, 0.25) is 0 Å². The van der Waals surface area contributed by atoms with E-state index in [1.165, 1.54) is 17.3 Å². The van der Waals surface area contributed by atoms with Crippen molar-refractivity contribution in [1.29, 1.82) is 0 Å². The zero-order valence-corrected chi connectivity index (χ0v) is 17.8. The molecule has 0 bridgehead atoms. The molecule has 30 heavy (non-hydrogen) atoms. The molecule has 0 spiro atoms. The maximum Gasteiger partial charge on any atom is 0.267 e. The molecule has 6 nitrogen and oxygen atoms in total. The van der Waals surface area contributed by atoms with Crippen LogP contribution in [0.3, 0.4) is 0 Å². The second-order valence-electron chi connectivity index (χ2n) is 7.49. The Morgan fingerprint density at radius 1 is 1.20 bits per heavy atom. The van der Waals surface area contributed by atoms with Gasteiger partial charge in [0.1, 0.15) is 0 Å². The number of amides is 1. The minimum Gasteiger partial charge on any atom is -0.363 e. The maximum absolute atomic E-state index is 11.3. The van der Waals surface area contributed by atoms with Crippen molar-refractivity contribution in [2.24, 2.45) is 0 Å². The SMILES string of the molecule is CCN(CC)CCN1c2ccc(C=CC(=O)NO)cc2NC1CCc1ccccc1. The van der Waals surface area contributed by atoms with Crippen molar-refractivity contribution in [1.82, 2.24) is 10.4 Å². The van der Waals surface area contributed by atoms with E-state index in [1.807, 2.05) is 6.07 Å². The number of hydrogen-bond donors (Lipinski definition) is 3. The molecule has 160 valence electrons. The molecular weight excluding hydrogens is 376 g/mol. The maximum atomic E-state index is 11.3. The van der Waals surface area contributed by atoms with E-state index in [0.29, 0.717) is 0 Å². The average molecular weight is 409 g/mol. The summed E-state index contributed by atoms with van der Waals surface area (Å²) in [6.45, 7) is 8.49. The zero-order chi connectivity index (χ0) is 21.3. The summed E-state index contributed by atoms with van der Waals surface area (Å²) in [7, 11) is 0. The molecule has 2 aromatic carbocycles. The first-order valence-electron chi connectivity index (χ1n) is 10.7. The van der Waals surface area contributed by atoms with Crippen LogP contribution in [-0.2, 0) is 11.2 Å². The van der Waals surface area contributed by atoms with Crippen LogP contribution in [0.4, 0.5) is 11.4 Å². The monoisotopic (exact) mass is 408 g/mol. The number of hydroxylamine groups is 1. The van der Waals surface area contributed by atoms with Gasteiger partial charge in [0.05, 0.1) is 17.5 Å². The van der Waals surface area contributed by atoms with Crippen LogP contribution < -0.4 is 15.7 Å². The van der Waals surface area contributed by atoms with Crippen molar-refractivity contribution in [3.8, 4) is 0 Å². The molecule has 0 radical (unpaired) electrons. The van der Waals surface area contributed by atoms with Gasteiger partial charge in [0, 0.05) is 19.2 Å². The number of fused-ring (bicyclic) bond motifs is 1. The van der Waals surface area contributed by atoms with Crippen molar-refractivity contribution < 1.29 is 10.0 Å². The Hall–Kier alpha value is -2.83. The number of likely N-dealkylation sites (N-methyl/N-ethyl adjacent to an activating group) is 1. The molecule has 6 heteroatoms. The lowest BCUT2D eigenvalue weighted by Crippen LogP contribution is -2.41. The van der Waals surface area contributed by atoms with Gasteiger partial charge in [-0.25, -0.2) is 5.48 Å². The number of carbonyl (C=O) groups is 1. The summed E-state index contributed by atoms with van der Waals surface area (Å²) in [6.07, 6.45) is 5.27. The third kappa shape index (κ3) is 5.62. The molecule has 0 saturated carbocycles. The first-order valence-corrected chi connectivity index (χ1v) is 10.7. The predicted octanol–water partition coefficient (Wildman–Crippen LogP) is 3.74. The molecule has 1 heterocycles. The van der Waals surface area contributed by atoms with Crippen molar-refractivity contribution in [3.05, 3.63) is 65.7 Å². The third-order valence-corrected chi connectivity index (χ3v) is 5.67. The number of aryl methyl sites for hydroxylation is 1. The number of nitrogens with zero attached hydrogens (tertiary/aromatic N) is 2. The van der Waals surface area contributed by atoms with E-state index < -0.39 is 5.91 Å². The number of rotatable bonds is 10. The summed E-state index contributed by atoms with van der Waals surface area (Å²) in [5, 5.41) is 12.3. The van der Waals surface area contributed by atoms with Crippen LogP contribution in [0.25, 0.3) is 6.08 Å². The summed E-state index contributed by atoms with van der Waals surface area (Å²) >= 11 is 0. The molecule has 3 rings (SSSR count). The lowest BCUT2D eigenvalue weighted by molar-refractivity contribution is -0.124. The minimum absolute atomic E-state index is 0.232. The van der Waals surface area contributed by atoms with Gasteiger partial charge in [-0.05, 0) is 55.3 Å². The molecule has 1 atom stereocenters. The Labute approximate surface area is 179 Å². The molecule has 1 aliphatic rings. The Kier molecular flexibility index (Phi) is 7.88. The number of anilines is 2. The van der Waals surface area contributed by atoms with Gasteiger partial charge in [0.25, 0.3) is 5.91 Å². The molecule has 1 unspecified atom stereocenters. The number of nitrogens with one attached hydrogen (secondary N) is 2. The van der Waals surface area contributed by atoms with E-state index >= 15 is 0 Å². The van der Waals surface area contributed by atoms with Gasteiger partial charge in [0.15, 0.2) is 0 Å². The first-order chi connectivity index (χ1) is 14.6. The standard InChI is InChI=1S/C24H32N4O2/c1-3-27(4-2)16-17-28-22-13-10-20(12-15-24(29)26-30)18-21(22)25-23(28)14-11-19-8-6-5-7-9-19/h5-10,12-13,15,18,23,25,30H,3-4,11,14,16-17H2,1-2H3,(H,26,29). The predicted molar refractivity (Wildman–Crippen MR) is 123 cm³/mol. The lowest BCUT2D eigenvalue weighted by atomic mass is 10.1. The normalized spacial score (nSPS) is 15.5. The number of carbonyl (C=O) groups excluding carboxylic acids is 1. The first kappa shape index (κ1) is 21.9. The van der Waals surface area contributed by atoms with Gasteiger partial charge in [0.2, 0.25) is 0 Å². The second-order valence-corrected chi connectivity index (χ2v) is 7.49. The van der Waals surface area contributed by atoms with Crippen molar-refractivity contribution in [3.63, 3.8) is 0 Å². The molecule has 1 aliphatic heterocycles. The molecular formula is C24H32N4O2. The molecule has 0 aromatic heterocycles. The van der Waals surface area contributed by atoms with Crippen LogP contribution in [0.15, 0.2) is 54.6 Å². The van der Waals surface area contributed by atoms with Gasteiger partial charge in [-0.3, -0.25) is 10.0 Å². The van der Waals surface area contributed by atoms with Crippen molar-refractivity contribution >= 4 is 23.4 Å². The fourth-order valence-corrected chi connectivity index (χ4v) is 3.90. The highest BCUT2D eigenvalue weighted by molar-refractivity contribution is 5.91. The van der Waals surface area contributed by atoms with E-state index in [0.717, 1.165) is 50.3 Å². The molecule has 0 fully saturated rings.